The fraction of sp³-hybridized carbons (Fsp3) is 0.267. The molecule has 0 spiro atoms. The number of hydrogen-bond donors (Lipinski definition) is 1. The molecule has 104 valence electrons. The number of rotatable bonds is 3. The van der Waals surface area contributed by atoms with Gasteiger partial charge in [-0.05, 0) is 25.1 Å². The molecule has 2 aromatic rings. The van der Waals surface area contributed by atoms with Gasteiger partial charge in [-0.2, -0.15) is 0 Å². The van der Waals surface area contributed by atoms with Crippen LogP contribution in [0.3, 0.4) is 0 Å². The zero-order valence-electron chi connectivity index (χ0n) is 11.5. The summed E-state index contributed by atoms with van der Waals surface area (Å²) in [5, 5.41) is 1.81. The van der Waals surface area contributed by atoms with E-state index in [-0.39, 0.29) is 5.91 Å². The van der Waals surface area contributed by atoms with Crippen LogP contribution in [0.4, 0.5) is 0 Å². The molecule has 2 rings (SSSR count). The van der Waals surface area contributed by atoms with Crippen LogP contribution in [-0.4, -0.2) is 24.4 Å². The van der Waals surface area contributed by atoms with Crippen molar-refractivity contribution in [2.24, 2.45) is 5.73 Å². The van der Waals surface area contributed by atoms with E-state index in [0.717, 1.165) is 16.4 Å². The van der Waals surface area contributed by atoms with Crippen molar-refractivity contribution in [2.45, 2.75) is 13.5 Å². The average molecular weight is 288 g/mol. The first-order valence-corrected chi connectivity index (χ1v) is 7.06. The van der Waals surface area contributed by atoms with Gasteiger partial charge in [0, 0.05) is 12.4 Å². The van der Waals surface area contributed by atoms with Gasteiger partial charge in [0.1, 0.15) is 11.5 Å². The SMILES string of the molecule is Cc1ccc(CN(C)C(=O)c2csc(C#CCN)c2)o1. The van der Waals surface area contributed by atoms with Crippen molar-refractivity contribution in [3.05, 3.63) is 45.5 Å². The predicted molar refractivity (Wildman–Crippen MR) is 79.5 cm³/mol. The number of carbonyl (C=O) groups is 1. The van der Waals surface area contributed by atoms with E-state index in [1.54, 1.807) is 18.0 Å². The summed E-state index contributed by atoms with van der Waals surface area (Å²) in [6.07, 6.45) is 0. The molecule has 0 aliphatic rings. The highest BCUT2D eigenvalue weighted by molar-refractivity contribution is 7.10. The second-order valence-corrected chi connectivity index (χ2v) is 5.29. The number of hydrogen-bond acceptors (Lipinski definition) is 4. The zero-order valence-corrected chi connectivity index (χ0v) is 12.3. The molecule has 20 heavy (non-hydrogen) atoms. The first-order chi connectivity index (χ1) is 9.60. The lowest BCUT2D eigenvalue weighted by Crippen LogP contribution is -2.25. The summed E-state index contributed by atoms with van der Waals surface area (Å²) in [5.74, 6) is 7.28. The number of amides is 1. The third-order valence-electron chi connectivity index (χ3n) is 2.70. The minimum Gasteiger partial charge on any atom is -0.464 e. The molecule has 0 unspecified atom stereocenters. The standard InChI is InChI=1S/C15H16N2O2S/c1-11-5-6-13(19-11)9-17(2)15(18)12-8-14(20-10-12)4-3-7-16/h5-6,8,10H,7,9,16H2,1-2H3. The maximum atomic E-state index is 12.3. The highest BCUT2D eigenvalue weighted by atomic mass is 32.1. The van der Waals surface area contributed by atoms with Crippen LogP contribution in [0.15, 0.2) is 28.0 Å². The Kier molecular flexibility index (Phi) is 4.61. The number of nitrogens with zero attached hydrogens (tertiary/aromatic N) is 1. The van der Waals surface area contributed by atoms with Gasteiger partial charge in [0.05, 0.1) is 23.5 Å². The van der Waals surface area contributed by atoms with Crippen LogP contribution in [0.2, 0.25) is 0 Å². The summed E-state index contributed by atoms with van der Waals surface area (Å²) in [6, 6.07) is 5.56. The van der Waals surface area contributed by atoms with Crippen molar-refractivity contribution >= 4 is 17.2 Å². The fourth-order valence-electron chi connectivity index (χ4n) is 1.75. The summed E-state index contributed by atoms with van der Waals surface area (Å²) in [4.78, 5) is 14.7. The molecule has 0 radical (unpaired) electrons. The largest absolute Gasteiger partial charge is 0.464 e. The molecular formula is C15H16N2O2S. The van der Waals surface area contributed by atoms with Gasteiger partial charge >= 0.3 is 0 Å². The first kappa shape index (κ1) is 14.4. The van der Waals surface area contributed by atoms with Gasteiger partial charge < -0.3 is 15.1 Å². The maximum absolute atomic E-state index is 12.3. The summed E-state index contributed by atoms with van der Waals surface area (Å²) in [5.41, 5.74) is 5.97. The molecule has 0 aromatic carbocycles. The minimum atomic E-state index is -0.0453. The number of carbonyl (C=O) groups excluding carboxylic acids is 1. The average Bonchev–Trinajstić information content (AvgIpc) is 3.04. The van der Waals surface area contributed by atoms with Gasteiger partial charge in [-0.25, -0.2) is 0 Å². The normalized spacial score (nSPS) is 9.95. The van der Waals surface area contributed by atoms with Crippen LogP contribution in [0, 0.1) is 18.8 Å². The maximum Gasteiger partial charge on any atom is 0.254 e. The monoisotopic (exact) mass is 288 g/mol. The van der Waals surface area contributed by atoms with E-state index < -0.39 is 0 Å². The fourth-order valence-corrected chi connectivity index (χ4v) is 2.50. The molecule has 1 amide bonds. The second-order valence-electron chi connectivity index (χ2n) is 4.38. The Bertz CT molecular complexity index is 661. The van der Waals surface area contributed by atoms with Crippen molar-refractivity contribution in [1.82, 2.24) is 4.90 Å². The Hall–Kier alpha value is -2.03. The Morgan fingerprint density at radius 3 is 2.95 bits per heavy atom. The first-order valence-electron chi connectivity index (χ1n) is 6.18. The quantitative estimate of drug-likeness (QED) is 0.881. The molecule has 0 fully saturated rings. The molecule has 0 aliphatic heterocycles. The van der Waals surface area contributed by atoms with E-state index in [0.29, 0.717) is 18.7 Å². The number of aryl methyl sites for hydroxylation is 1. The number of furan rings is 1. The van der Waals surface area contributed by atoms with Crippen molar-refractivity contribution in [3.63, 3.8) is 0 Å². The van der Waals surface area contributed by atoms with E-state index in [4.69, 9.17) is 10.2 Å². The van der Waals surface area contributed by atoms with Crippen LogP contribution in [0.1, 0.15) is 26.8 Å². The van der Waals surface area contributed by atoms with Crippen LogP contribution in [0.5, 0.6) is 0 Å². The molecule has 0 saturated heterocycles. The molecule has 0 aliphatic carbocycles. The molecule has 2 heterocycles. The zero-order chi connectivity index (χ0) is 14.5. The summed E-state index contributed by atoms with van der Waals surface area (Å²) >= 11 is 1.45. The minimum absolute atomic E-state index is 0.0453. The van der Waals surface area contributed by atoms with Crippen molar-refractivity contribution in [3.8, 4) is 11.8 Å². The van der Waals surface area contributed by atoms with Crippen molar-refractivity contribution < 1.29 is 9.21 Å². The molecule has 0 saturated carbocycles. The van der Waals surface area contributed by atoms with Crippen LogP contribution in [0.25, 0.3) is 0 Å². The predicted octanol–water partition coefficient (Wildman–Crippen LogP) is 2.23. The van der Waals surface area contributed by atoms with Gasteiger partial charge in [-0.15, -0.1) is 11.3 Å². The van der Waals surface area contributed by atoms with Gasteiger partial charge in [0.2, 0.25) is 0 Å². The number of nitrogens with two attached hydrogens (primary N) is 1. The molecule has 5 heteroatoms. The highest BCUT2D eigenvalue weighted by Gasteiger charge is 2.14. The molecule has 4 nitrogen and oxygen atoms in total. The van der Waals surface area contributed by atoms with Gasteiger partial charge in [0.15, 0.2) is 0 Å². The van der Waals surface area contributed by atoms with Crippen LogP contribution in [-0.2, 0) is 6.54 Å². The van der Waals surface area contributed by atoms with Gasteiger partial charge in [-0.3, -0.25) is 4.79 Å². The summed E-state index contributed by atoms with van der Waals surface area (Å²) in [7, 11) is 1.75. The number of thiophene rings is 1. The Morgan fingerprint density at radius 1 is 1.50 bits per heavy atom. The van der Waals surface area contributed by atoms with E-state index in [1.807, 2.05) is 24.4 Å². The lowest BCUT2D eigenvalue weighted by molar-refractivity contribution is 0.0775. The smallest absolute Gasteiger partial charge is 0.254 e. The van der Waals surface area contributed by atoms with Crippen molar-refractivity contribution in [2.75, 3.05) is 13.6 Å². The van der Waals surface area contributed by atoms with E-state index >= 15 is 0 Å². The third kappa shape index (κ3) is 3.50. The second kappa shape index (κ2) is 6.42. The third-order valence-corrected chi connectivity index (χ3v) is 3.54. The molecule has 0 atom stereocenters. The summed E-state index contributed by atoms with van der Waals surface area (Å²) in [6.45, 7) is 2.65. The topological polar surface area (TPSA) is 59.5 Å². The van der Waals surface area contributed by atoms with Gasteiger partial charge in [0.25, 0.3) is 5.91 Å². The lowest BCUT2D eigenvalue weighted by Gasteiger charge is -2.14. The van der Waals surface area contributed by atoms with E-state index in [9.17, 15) is 4.79 Å². The Balaban J connectivity index is 2.04. The summed E-state index contributed by atoms with van der Waals surface area (Å²) < 4.78 is 5.47. The lowest BCUT2D eigenvalue weighted by atomic mass is 10.2. The van der Waals surface area contributed by atoms with E-state index in [1.165, 1.54) is 11.3 Å². The van der Waals surface area contributed by atoms with Crippen LogP contribution < -0.4 is 5.73 Å². The van der Waals surface area contributed by atoms with E-state index in [2.05, 4.69) is 11.8 Å². The molecule has 0 bridgehead atoms. The Labute approximate surface area is 122 Å². The molecule has 2 aromatic heterocycles. The van der Waals surface area contributed by atoms with Crippen molar-refractivity contribution in [1.29, 1.82) is 0 Å². The molecule has 2 N–H and O–H groups in total. The van der Waals surface area contributed by atoms with Crippen LogP contribution >= 0.6 is 11.3 Å². The Morgan fingerprint density at radius 2 is 2.30 bits per heavy atom. The van der Waals surface area contributed by atoms with Gasteiger partial charge in [-0.1, -0.05) is 11.8 Å². The molecular weight excluding hydrogens is 272 g/mol. The highest BCUT2D eigenvalue weighted by Crippen LogP contribution is 2.16.